The van der Waals surface area contributed by atoms with Crippen molar-refractivity contribution < 1.29 is 4.79 Å². The summed E-state index contributed by atoms with van der Waals surface area (Å²) < 4.78 is 0. The number of carbonyl (C=O) groups excluding carboxylic acids is 1. The Morgan fingerprint density at radius 3 is 3.00 bits per heavy atom. The van der Waals surface area contributed by atoms with Gasteiger partial charge < -0.3 is 11.1 Å². The van der Waals surface area contributed by atoms with Crippen molar-refractivity contribution >= 4 is 17.2 Å². The summed E-state index contributed by atoms with van der Waals surface area (Å²) in [5, 5.41) is 5.13. The van der Waals surface area contributed by atoms with Gasteiger partial charge in [0.05, 0.1) is 12.0 Å². The third-order valence-electron chi connectivity index (χ3n) is 3.06. The molecule has 1 aromatic heterocycles. The van der Waals surface area contributed by atoms with Gasteiger partial charge in [-0.3, -0.25) is 4.79 Å². The standard InChI is InChI=1S/C13H18N2OS/c1-2-11(12-4-3-7-17-12)15-13(16)9-5-6-10(14)8-9/h3-7,9-11H,2,8,14H2,1H3,(H,15,16). The molecule has 0 saturated heterocycles. The number of carbonyl (C=O) groups is 1. The Morgan fingerprint density at radius 2 is 2.47 bits per heavy atom. The number of thiophene rings is 1. The van der Waals surface area contributed by atoms with E-state index in [1.807, 2.05) is 23.6 Å². The second-order valence-electron chi connectivity index (χ2n) is 4.38. The maximum absolute atomic E-state index is 12.0. The molecule has 1 heterocycles. The molecule has 0 saturated carbocycles. The zero-order valence-electron chi connectivity index (χ0n) is 9.93. The van der Waals surface area contributed by atoms with E-state index in [9.17, 15) is 4.79 Å². The van der Waals surface area contributed by atoms with Crippen LogP contribution >= 0.6 is 11.3 Å². The van der Waals surface area contributed by atoms with Gasteiger partial charge in [0.25, 0.3) is 0 Å². The van der Waals surface area contributed by atoms with Crippen LogP contribution in [0.4, 0.5) is 0 Å². The number of hydrogen-bond acceptors (Lipinski definition) is 3. The fourth-order valence-electron chi connectivity index (χ4n) is 2.06. The lowest BCUT2D eigenvalue weighted by Gasteiger charge is -2.18. The molecule has 1 amide bonds. The number of rotatable bonds is 4. The fourth-order valence-corrected chi connectivity index (χ4v) is 2.93. The first-order valence-electron chi connectivity index (χ1n) is 5.98. The normalized spacial score (nSPS) is 24.8. The van der Waals surface area contributed by atoms with Gasteiger partial charge in [-0.15, -0.1) is 11.3 Å². The molecule has 0 aromatic carbocycles. The third-order valence-corrected chi connectivity index (χ3v) is 4.05. The van der Waals surface area contributed by atoms with Crippen molar-refractivity contribution in [2.24, 2.45) is 11.7 Å². The zero-order valence-corrected chi connectivity index (χ0v) is 10.7. The lowest BCUT2D eigenvalue weighted by molar-refractivity contribution is -0.124. The second kappa shape index (κ2) is 5.47. The molecule has 17 heavy (non-hydrogen) atoms. The van der Waals surface area contributed by atoms with Crippen LogP contribution in [0.25, 0.3) is 0 Å². The van der Waals surface area contributed by atoms with Crippen molar-refractivity contribution in [3.63, 3.8) is 0 Å². The van der Waals surface area contributed by atoms with Crippen molar-refractivity contribution in [3.8, 4) is 0 Å². The predicted octanol–water partition coefficient (Wildman–Crippen LogP) is 2.22. The number of amides is 1. The quantitative estimate of drug-likeness (QED) is 0.805. The monoisotopic (exact) mass is 250 g/mol. The summed E-state index contributed by atoms with van der Waals surface area (Å²) in [7, 11) is 0. The molecule has 4 heteroatoms. The molecule has 92 valence electrons. The highest BCUT2D eigenvalue weighted by molar-refractivity contribution is 7.10. The summed E-state index contributed by atoms with van der Waals surface area (Å²) in [6.45, 7) is 2.08. The first-order valence-corrected chi connectivity index (χ1v) is 6.86. The lowest BCUT2D eigenvalue weighted by atomic mass is 10.1. The number of hydrogen-bond donors (Lipinski definition) is 2. The average Bonchev–Trinajstić information content (AvgIpc) is 2.96. The Morgan fingerprint density at radius 1 is 1.65 bits per heavy atom. The highest BCUT2D eigenvalue weighted by Gasteiger charge is 2.24. The van der Waals surface area contributed by atoms with E-state index in [0.29, 0.717) is 0 Å². The first-order chi connectivity index (χ1) is 8.20. The summed E-state index contributed by atoms with van der Waals surface area (Å²) in [5.41, 5.74) is 5.76. The smallest absolute Gasteiger partial charge is 0.227 e. The minimum Gasteiger partial charge on any atom is -0.348 e. The van der Waals surface area contributed by atoms with Crippen molar-refractivity contribution in [2.75, 3.05) is 0 Å². The SMILES string of the molecule is CCC(NC(=O)C1C=CC(N)C1)c1cccs1. The van der Waals surface area contributed by atoms with E-state index in [0.717, 1.165) is 12.8 Å². The number of nitrogens with two attached hydrogens (primary N) is 1. The molecule has 3 nitrogen and oxygen atoms in total. The minimum absolute atomic E-state index is 0.0348. The van der Waals surface area contributed by atoms with Crippen LogP contribution in [0.1, 0.15) is 30.7 Å². The fraction of sp³-hybridized carbons (Fsp3) is 0.462. The van der Waals surface area contributed by atoms with Gasteiger partial charge in [-0.2, -0.15) is 0 Å². The summed E-state index contributed by atoms with van der Waals surface area (Å²) in [6.07, 6.45) is 5.47. The Bertz CT molecular complexity index is 400. The summed E-state index contributed by atoms with van der Waals surface area (Å²) in [4.78, 5) is 13.3. The molecular weight excluding hydrogens is 232 g/mol. The Hall–Kier alpha value is -1.13. The zero-order chi connectivity index (χ0) is 12.3. The molecule has 2 rings (SSSR count). The van der Waals surface area contributed by atoms with Gasteiger partial charge in [-0.25, -0.2) is 0 Å². The first kappa shape index (κ1) is 12.3. The van der Waals surface area contributed by atoms with Gasteiger partial charge in [0.1, 0.15) is 0 Å². The van der Waals surface area contributed by atoms with E-state index in [1.54, 1.807) is 11.3 Å². The van der Waals surface area contributed by atoms with E-state index in [4.69, 9.17) is 5.73 Å². The van der Waals surface area contributed by atoms with Crippen LogP contribution in [0.15, 0.2) is 29.7 Å². The van der Waals surface area contributed by atoms with E-state index >= 15 is 0 Å². The molecular formula is C13H18N2OS. The van der Waals surface area contributed by atoms with Crippen LogP contribution < -0.4 is 11.1 Å². The van der Waals surface area contributed by atoms with E-state index in [1.165, 1.54) is 4.88 Å². The topological polar surface area (TPSA) is 55.1 Å². The molecule has 1 aliphatic carbocycles. The molecule has 0 radical (unpaired) electrons. The van der Waals surface area contributed by atoms with Crippen LogP contribution in [-0.2, 0) is 4.79 Å². The van der Waals surface area contributed by atoms with E-state index in [-0.39, 0.29) is 23.9 Å². The minimum atomic E-state index is -0.0565. The molecule has 3 unspecified atom stereocenters. The van der Waals surface area contributed by atoms with Crippen LogP contribution in [0.2, 0.25) is 0 Å². The highest BCUT2D eigenvalue weighted by atomic mass is 32.1. The van der Waals surface area contributed by atoms with Gasteiger partial charge in [-0.1, -0.05) is 25.1 Å². The van der Waals surface area contributed by atoms with Crippen LogP contribution in [-0.4, -0.2) is 11.9 Å². The maximum atomic E-state index is 12.0. The highest BCUT2D eigenvalue weighted by Crippen LogP contribution is 2.23. The Labute approximate surface area is 106 Å². The van der Waals surface area contributed by atoms with E-state index < -0.39 is 0 Å². The number of nitrogens with one attached hydrogen (secondary N) is 1. The van der Waals surface area contributed by atoms with Crippen LogP contribution in [0, 0.1) is 5.92 Å². The van der Waals surface area contributed by atoms with Gasteiger partial charge in [0.2, 0.25) is 5.91 Å². The third kappa shape index (κ3) is 2.96. The molecule has 3 N–H and O–H groups in total. The van der Waals surface area contributed by atoms with Crippen LogP contribution in [0.3, 0.4) is 0 Å². The van der Waals surface area contributed by atoms with Gasteiger partial charge in [-0.05, 0) is 24.3 Å². The second-order valence-corrected chi connectivity index (χ2v) is 5.36. The summed E-state index contributed by atoms with van der Waals surface area (Å²) >= 11 is 1.68. The predicted molar refractivity (Wildman–Crippen MR) is 70.7 cm³/mol. The van der Waals surface area contributed by atoms with Crippen molar-refractivity contribution in [1.29, 1.82) is 0 Å². The molecule has 0 aliphatic heterocycles. The molecule has 3 atom stereocenters. The molecule has 0 fully saturated rings. The van der Waals surface area contributed by atoms with Crippen molar-refractivity contribution in [3.05, 3.63) is 34.5 Å². The maximum Gasteiger partial charge on any atom is 0.227 e. The molecule has 0 spiro atoms. The molecule has 1 aliphatic rings. The van der Waals surface area contributed by atoms with E-state index in [2.05, 4.69) is 18.3 Å². The van der Waals surface area contributed by atoms with Crippen molar-refractivity contribution in [1.82, 2.24) is 5.32 Å². The molecule has 1 aromatic rings. The summed E-state index contributed by atoms with van der Waals surface area (Å²) in [6, 6.07) is 4.25. The molecule has 0 bridgehead atoms. The van der Waals surface area contributed by atoms with Gasteiger partial charge in [0.15, 0.2) is 0 Å². The Kier molecular flexibility index (Phi) is 3.97. The van der Waals surface area contributed by atoms with Gasteiger partial charge >= 0.3 is 0 Å². The Balaban J connectivity index is 1.95. The average molecular weight is 250 g/mol. The summed E-state index contributed by atoms with van der Waals surface area (Å²) in [5.74, 6) is 0.0356. The largest absolute Gasteiger partial charge is 0.348 e. The lowest BCUT2D eigenvalue weighted by Crippen LogP contribution is -2.33. The van der Waals surface area contributed by atoms with Gasteiger partial charge in [0, 0.05) is 10.9 Å². The van der Waals surface area contributed by atoms with Crippen molar-refractivity contribution in [2.45, 2.75) is 31.8 Å². The van der Waals surface area contributed by atoms with Crippen LogP contribution in [0.5, 0.6) is 0 Å².